The van der Waals surface area contributed by atoms with Crippen LogP contribution in [0.5, 0.6) is 0 Å². The molecular formula is C19H19F3O2. The fourth-order valence-corrected chi connectivity index (χ4v) is 3.08. The number of hydrogen-bond acceptors (Lipinski definition) is 2. The molecule has 2 rings (SSSR count). The van der Waals surface area contributed by atoms with Crippen LogP contribution in [0, 0.1) is 12.3 Å². The molecule has 0 saturated heterocycles. The number of alkyl halides is 3. The molecule has 128 valence electrons. The summed E-state index contributed by atoms with van der Waals surface area (Å²) >= 11 is 0. The van der Waals surface area contributed by atoms with Crippen LogP contribution in [0.1, 0.15) is 50.2 Å². The average Bonchev–Trinajstić information content (AvgIpc) is 2.49. The van der Waals surface area contributed by atoms with E-state index in [0.29, 0.717) is 18.4 Å². The third-order valence-corrected chi connectivity index (χ3v) is 4.17. The van der Waals surface area contributed by atoms with Gasteiger partial charge in [0.15, 0.2) is 0 Å². The minimum atomic E-state index is -4.36. The Morgan fingerprint density at radius 1 is 1.33 bits per heavy atom. The lowest BCUT2D eigenvalue weighted by Gasteiger charge is -2.38. The standard InChI is InChI=1S/C19H19F3O2/c1-3-11-18(24-14(2)23)12-5-4-6-17(18)13-15-7-9-16(10-8-15)19(20,21)22/h1,7-10,13H,4-6,11-12H2,2H3/b17-13-. The lowest BCUT2D eigenvalue weighted by atomic mass is 9.77. The van der Waals surface area contributed by atoms with Crippen molar-refractivity contribution in [2.75, 3.05) is 0 Å². The molecule has 2 nitrogen and oxygen atoms in total. The van der Waals surface area contributed by atoms with E-state index in [4.69, 9.17) is 11.2 Å². The highest BCUT2D eigenvalue weighted by Gasteiger charge is 2.39. The largest absolute Gasteiger partial charge is 0.454 e. The number of ether oxygens (including phenoxy) is 1. The first-order valence-corrected chi connectivity index (χ1v) is 7.78. The summed E-state index contributed by atoms with van der Waals surface area (Å²) < 4.78 is 43.5. The van der Waals surface area contributed by atoms with Crippen LogP contribution in [0.25, 0.3) is 6.08 Å². The summed E-state index contributed by atoms with van der Waals surface area (Å²) in [5.74, 6) is 2.15. The average molecular weight is 336 g/mol. The first kappa shape index (κ1) is 18.1. The fraction of sp³-hybridized carbons (Fsp3) is 0.421. The van der Waals surface area contributed by atoms with Gasteiger partial charge in [0.1, 0.15) is 5.60 Å². The Bertz CT molecular complexity index is 665. The molecule has 1 unspecified atom stereocenters. The van der Waals surface area contributed by atoms with Gasteiger partial charge >= 0.3 is 12.1 Å². The number of carbonyl (C=O) groups excluding carboxylic acids is 1. The molecular weight excluding hydrogens is 317 g/mol. The Morgan fingerprint density at radius 2 is 2.00 bits per heavy atom. The van der Waals surface area contributed by atoms with Crippen molar-refractivity contribution in [3.63, 3.8) is 0 Å². The fourth-order valence-electron chi connectivity index (χ4n) is 3.08. The Balaban J connectivity index is 2.36. The van der Waals surface area contributed by atoms with Gasteiger partial charge in [-0.15, -0.1) is 12.3 Å². The molecule has 1 atom stereocenters. The van der Waals surface area contributed by atoms with Gasteiger partial charge in [0, 0.05) is 6.92 Å². The van der Waals surface area contributed by atoms with Crippen LogP contribution in [-0.2, 0) is 15.7 Å². The van der Waals surface area contributed by atoms with E-state index in [9.17, 15) is 18.0 Å². The normalized spacial score (nSPS) is 22.9. The number of halogens is 3. The number of terminal acetylenes is 1. The third-order valence-electron chi connectivity index (χ3n) is 4.17. The highest BCUT2D eigenvalue weighted by Crippen LogP contribution is 2.40. The second-order valence-corrected chi connectivity index (χ2v) is 5.97. The zero-order valence-corrected chi connectivity index (χ0v) is 13.5. The number of esters is 1. The molecule has 1 aliphatic carbocycles. The number of benzene rings is 1. The summed E-state index contributed by atoms with van der Waals surface area (Å²) in [6.45, 7) is 1.34. The molecule has 0 spiro atoms. The number of hydrogen-bond donors (Lipinski definition) is 0. The van der Waals surface area contributed by atoms with E-state index in [0.717, 1.165) is 30.5 Å². The van der Waals surface area contributed by atoms with Gasteiger partial charge in [-0.25, -0.2) is 0 Å². The summed E-state index contributed by atoms with van der Waals surface area (Å²) in [5.41, 5.74) is -0.0417. The monoisotopic (exact) mass is 336 g/mol. The SMILES string of the molecule is C#CCC1(OC(C)=O)CCCC/C1=C/c1ccc(C(F)(F)F)cc1. The predicted molar refractivity (Wildman–Crippen MR) is 85.8 cm³/mol. The quantitative estimate of drug-likeness (QED) is 0.574. The van der Waals surface area contributed by atoms with Crippen molar-refractivity contribution in [2.24, 2.45) is 0 Å². The van der Waals surface area contributed by atoms with Crippen molar-refractivity contribution in [2.45, 2.75) is 50.8 Å². The molecule has 0 heterocycles. The summed E-state index contributed by atoms with van der Waals surface area (Å²) in [6, 6.07) is 4.92. The Morgan fingerprint density at radius 3 is 2.54 bits per heavy atom. The van der Waals surface area contributed by atoms with Crippen molar-refractivity contribution in [1.29, 1.82) is 0 Å². The van der Waals surface area contributed by atoms with Gasteiger partial charge in [-0.1, -0.05) is 18.2 Å². The molecule has 1 aromatic rings. The lowest BCUT2D eigenvalue weighted by molar-refractivity contribution is -0.154. The zero-order valence-electron chi connectivity index (χ0n) is 13.5. The predicted octanol–water partition coefficient (Wildman–Crippen LogP) is 4.99. The molecule has 0 bridgehead atoms. The summed E-state index contributed by atoms with van der Waals surface area (Å²) in [6.07, 6.45) is 6.30. The third kappa shape index (κ3) is 4.19. The summed E-state index contributed by atoms with van der Waals surface area (Å²) in [5, 5.41) is 0. The van der Waals surface area contributed by atoms with Crippen molar-refractivity contribution < 1.29 is 22.7 Å². The molecule has 1 aromatic carbocycles. The van der Waals surface area contributed by atoms with Crippen molar-refractivity contribution in [3.8, 4) is 12.3 Å². The van der Waals surface area contributed by atoms with Crippen molar-refractivity contribution in [1.82, 2.24) is 0 Å². The van der Waals surface area contributed by atoms with Gasteiger partial charge in [0.05, 0.1) is 12.0 Å². The second-order valence-electron chi connectivity index (χ2n) is 5.97. The topological polar surface area (TPSA) is 26.3 Å². The van der Waals surface area contributed by atoms with E-state index in [2.05, 4.69) is 5.92 Å². The Kier molecular flexibility index (Phi) is 5.38. The molecule has 1 aliphatic rings. The molecule has 0 N–H and O–H groups in total. The van der Waals surface area contributed by atoms with E-state index in [1.165, 1.54) is 19.1 Å². The van der Waals surface area contributed by atoms with Crippen molar-refractivity contribution in [3.05, 3.63) is 41.0 Å². The first-order valence-electron chi connectivity index (χ1n) is 7.78. The van der Waals surface area contributed by atoms with E-state index < -0.39 is 23.3 Å². The van der Waals surface area contributed by atoms with Gasteiger partial charge in [0.2, 0.25) is 0 Å². The van der Waals surface area contributed by atoms with Crippen LogP contribution in [0.4, 0.5) is 13.2 Å². The van der Waals surface area contributed by atoms with Crippen molar-refractivity contribution >= 4 is 12.0 Å². The lowest BCUT2D eigenvalue weighted by Crippen LogP contribution is -2.38. The van der Waals surface area contributed by atoms with Crippen LogP contribution in [0.3, 0.4) is 0 Å². The van der Waals surface area contributed by atoms with Gasteiger partial charge < -0.3 is 4.74 Å². The van der Waals surface area contributed by atoms with Gasteiger partial charge in [-0.05, 0) is 49.0 Å². The first-order chi connectivity index (χ1) is 11.3. The summed E-state index contributed by atoms with van der Waals surface area (Å²) in [4.78, 5) is 11.5. The zero-order chi connectivity index (χ0) is 17.8. The van der Waals surface area contributed by atoms with Gasteiger partial charge in [-0.2, -0.15) is 13.2 Å². The van der Waals surface area contributed by atoms with Crippen LogP contribution in [0.15, 0.2) is 29.8 Å². The molecule has 24 heavy (non-hydrogen) atoms. The minimum absolute atomic E-state index is 0.263. The highest BCUT2D eigenvalue weighted by molar-refractivity contribution is 5.68. The minimum Gasteiger partial charge on any atom is -0.454 e. The molecule has 1 saturated carbocycles. The highest BCUT2D eigenvalue weighted by atomic mass is 19.4. The van der Waals surface area contributed by atoms with E-state index in [1.54, 1.807) is 6.08 Å². The molecule has 5 heteroatoms. The Labute approximate surface area is 139 Å². The molecule has 0 radical (unpaired) electrons. The maximum atomic E-state index is 12.7. The second kappa shape index (κ2) is 7.12. The molecule has 0 aliphatic heterocycles. The van der Waals surface area contributed by atoms with Crippen LogP contribution >= 0.6 is 0 Å². The van der Waals surface area contributed by atoms with Crippen LogP contribution < -0.4 is 0 Å². The van der Waals surface area contributed by atoms with E-state index in [-0.39, 0.29) is 6.42 Å². The van der Waals surface area contributed by atoms with Crippen LogP contribution in [-0.4, -0.2) is 11.6 Å². The summed E-state index contributed by atoms with van der Waals surface area (Å²) in [7, 11) is 0. The molecule has 0 amide bonds. The van der Waals surface area contributed by atoms with Crippen LogP contribution in [0.2, 0.25) is 0 Å². The molecule has 0 aromatic heterocycles. The van der Waals surface area contributed by atoms with Gasteiger partial charge in [-0.3, -0.25) is 4.79 Å². The number of carbonyl (C=O) groups is 1. The van der Waals surface area contributed by atoms with E-state index in [1.807, 2.05) is 0 Å². The Hall–Kier alpha value is -2.22. The van der Waals surface area contributed by atoms with E-state index >= 15 is 0 Å². The molecule has 1 fully saturated rings. The smallest absolute Gasteiger partial charge is 0.416 e. The van der Waals surface area contributed by atoms with Gasteiger partial charge in [0.25, 0.3) is 0 Å². The number of rotatable bonds is 3. The maximum absolute atomic E-state index is 12.7. The maximum Gasteiger partial charge on any atom is 0.416 e.